The Morgan fingerprint density at radius 3 is 3.10 bits per heavy atom. The molecule has 0 amide bonds. The van der Waals surface area contributed by atoms with Crippen LogP contribution in [0.5, 0.6) is 5.88 Å². The van der Waals surface area contributed by atoms with Crippen LogP contribution in [-0.4, -0.2) is 37.2 Å². The van der Waals surface area contributed by atoms with Crippen LogP contribution >= 0.6 is 0 Å². The molecule has 9 nitrogen and oxygen atoms in total. The van der Waals surface area contributed by atoms with Crippen molar-refractivity contribution in [1.82, 2.24) is 30.1 Å². The molecule has 0 aliphatic rings. The van der Waals surface area contributed by atoms with E-state index in [4.69, 9.17) is 15.0 Å². The molecule has 0 aromatic carbocycles. The van der Waals surface area contributed by atoms with Crippen molar-refractivity contribution >= 4 is 0 Å². The fourth-order valence-corrected chi connectivity index (χ4v) is 1.75. The van der Waals surface area contributed by atoms with Gasteiger partial charge in [0.2, 0.25) is 5.88 Å². The molecule has 0 aliphatic heterocycles. The molecule has 0 unspecified atom stereocenters. The van der Waals surface area contributed by atoms with Gasteiger partial charge < -0.3 is 15.0 Å². The van der Waals surface area contributed by atoms with Crippen molar-refractivity contribution < 1.29 is 9.26 Å². The average Bonchev–Trinajstić information content (AvgIpc) is 3.17. The van der Waals surface area contributed by atoms with Gasteiger partial charge in [-0.25, -0.2) is 9.67 Å². The second-order valence-electron chi connectivity index (χ2n) is 4.21. The van der Waals surface area contributed by atoms with Crippen molar-refractivity contribution in [3.05, 3.63) is 36.0 Å². The molecule has 0 radical (unpaired) electrons. The van der Waals surface area contributed by atoms with E-state index < -0.39 is 0 Å². The van der Waals surface area contributed by atoms with Crippen LogP contribution in [0.1, 0.15) is 11.5 Å². The Balaban J connectivity index is 1.79. The van der Waals surface area contributed by atoms with E-state index in [-0.39, 0.29) is 0 Å². The fourth-order valence-electron chi connectivity index (χ4n) is 1.75. The first-order valence-electron chi connectivity index (χ1n) is 6.20. The van der Waals surface area contributed by atoms with Crippen molar-refractivity contribution in [2.45, 2.75) is 13.1 Å². The Morgan fingerprint density at radius 1 is 1.43 bits per heavy atom. The minimum absolute atomic E-state index is 0.313. The summed E-state index contributed by atoms with van der Waals surface area (Å²) < 4.78 is 11.7. The molecular weight excluding hydrogens is 274 g/mol. The SMILES string of the molecule is COc1ccnc(-c2cn(Cc3cc(CN)on3)nn2)n1. The maximum atomic E-state index is 5.47. The molecule has 0 fully saturated rings. The smallest absolute Gasteiger partial charge is 0.216 e. The Morgan fingerprint density at radius 2 is 2.33 bits per heavy atom. The molecule has 0 aliphatic carbocycles. The van der Waals surface area contributed by atoms with Crippen LogP contribution in [0.4, 0.5) is 0 Å². The van der Waals surface area contributed by atoms with Gasteiger partial charge in [-0.15, -0.1) is 5.10 Å². The molecule has 0 atom stereocenters. The number of hydrogen-bond donors (Lipinski definition) is 1. The van der Waals surface area contributed by atoms with E-state index in [2.05, 4.69) is 25.4 Å². The Labute approximate surface area is 119 Å². The maximum Gasteiger partial charge on any atom is 0.216 e. The number of nitrogens with zero attached hydrogens (tertiary/aromatic N) is 6. The summed E-state index contributed by atoms with van der Waals surface area (Å²) in [5, 5.41) is 11.9. The lowest BCUT2D eigenvalue weighted by molar-refractivity contribution is 0.376. The molecule has 2 N–H and O–H groups in total. The largest absolute Gasteiger partial charge is 0.481 e. The molecule has 0 saturated carbocycles. The van der Waals surface area contributed by atoms with Crippen molar-refractivity contribution in [2.75, 3.05) is 7.11 Å². The summed E-state index contributed by atoms with van der Waals surface area (Å²) >= 11 is 0. The molecule has 3 heterocycles. The minimum Gasteiger partial charge on any atom is -0.481 e. The zero-order valence-electron chi connectivity index (χ0n) is 11.3. The van der Waals surface area contributed by atoms with E-state index in [1.807, 2.05) is 0 Å². The monoisotopic (exact) mass is 287 g/mol. The number of rotatable bonds is 5. The van der Waals surface area contributed by atoms with Crippen LogP contribution in [0.15, 0.2) is 29.0 Å². The topological polar surface area (TPSA) is 118 Å². The quantitative estimate of drug-likeness (QED) is 0.709. The number of hydrogen-bond acceptors (Lipinski definition) is 8. The molecule has 0 bridgehead atoms. The van der Waals surface area contributed by atoms with Gasteiger partial charge in [-0.05, 0) is 0 Å². The summed E-state index contributed by atoms with van der Waals surface area (Å²) in [4.78, 5) is 8.34. The Kier molecular flexibility index (Phi) is 3.56. The lowest BCUT2D eigenvalue weighted by atomic mass is 10.3. The van der Waals surface area contributed by atoms with Gasteiger partial charge in [-0.2, -0.15) is 4.98 Å². The maximum absolute atomic E-state index is 5.47. The standard InChI is InChI=1S/C12H13N7O2/c1-20-11-2-3-14-12(15-11)10-7-19(18-16-10)6-8-4-9(5-13)21-17-8/h2-4,7H,5-6,13H2,1H3. The lowest BCUT2D eigenvalue weighted by Crippen LogP contribution is -2.00. The molecule has 108 valence electrons. The van der Waals surface area contributed by atoms with Crippen LogP contribution in [0.25, 0.3) is 11.5 Å². The summed E-state index contributed by atoms with van der Waals surface area (Å²) in [6.45, 7) is 0.744. The van der Waals surface area contributed by atoms with Gasteiger partial charge in [0.15, 0.2) is 11.6 Å². The Hall–Kier alpha value is -2.81. The second kappa shape index (κ2) is 5.67. The van der Waals surface area contributed by atoms with Gasteiger partial charge in [-0.3, -0.25) is 0 Å². The van der Waals surface area contributed by atoms with E-state index >= 15 is 0 Å². The van der Waals surface area contributed by atoms with E-state index in [0.717, 1.165) is 5.69 Å². The number of methoxy groups -OCH3 is 1. The van der Waals surface area contributed by atoms with E-state index in [1.165, 1.54) is 0 Å². The molecule has 0 saturated heterocycles. The van der Waals surface area contributed by atoms with Gasteiger partial charge in [0.1, 0.15) is 11.4 Å². The minimum atomic E-state index is 0.313. The summed E-state index contributed by atoms with van der Waals surface area (Å²) in [5.41, 5.74) is 6.74. The third-order valence-corrected chi connectivity index (χ3v) is 2.74. The zero-order chi connectivity index (χ0) is 14.7. The van der Waals surface area contributed by atoms with Gasteiger partial charge in [0.05, 0.1) is 26.4 Å². The highest BCUT2D eigenvalue weighted by atomic mass is 16.5. The number of nitrogens with two attached hydrogens (primary N) is 1. The summed E-state index contributed by atoms with van der Waals surface area (Å²) in [7, 11) is 1.54. The highest BCUT2D eigenvalue weighted by Gasteiger charge is 2.10. The molecule has 21 heavy (non-hydrogen) atoms. The van der Waals surface area contributed by atoms with E-state index in [1.54, 1.807) is 36.3 Å². The number of ether oxygens (including phenoxy) is 1. The van der Waals surface area contributed by atoms with Crippen LogP contribution in [-0.2, 0) is 13.1 Å². The lowest BCUT2D eigenvalue weighted by Gasteiger charge is -1.98. The van der Waals surface area contributed by atoms with Gasteiger partial charge >= 0.3 is 0 Å². The highest BCUT2D eigenvalue weighted by Crippen LogP contribution is 2.14. The van der Waals surface area contributed by atoms with Crippen molar-refractivity contribution in [1.29, 1.82) is 0 Å². The van der Waals surface area contributed by atoms with Crippen LogP contribution in [0.3, 0.4) is 0 Å². The van der Waals surface area contributed by atoms with Crippen LogP contribution < -0.4 is 10.5 Å². The van der Waals surface area contributed by atoms with E-state index in [9.17, 15) is 0 Å². The summed E-state index contributed by atoms with van der Waals surface area (Å²) in [6.07, 6.45) is 3.33. The zero-order valence-corrected chi connectivity index (χ0v) is 11.3. The normalized spacial score (nSPS) is 10.8. The van der Waals surface area contributed by atoms with Gasteiger partial charge in [-0.1, -0.05) is 10.4 Å². The van der Waals surface area contributed by atoms with Gasteiger partial charge in [0.25, 0.3) is 0 Å². The molecule has 9 heteroatoms. The van der Waals surface area contributed by atoms with Crippen molar-refractivity contribution in [3.8, 4) is 17.4 Å². The summed E-state index contributed by atoms with van der Waals surface area (Å²) in [5.74, 6) is 1.54. The predicted molar refractivity (Wildman–Crippen MR) is 71.1 cm³/mol. The predicted octanol–water partition coefficient (Wildman–Crippen LogP) is 0.239. The third kappa shape index (κ3) is 2.87. The first kappa shape index (κ1) is 13.2. The first-order valence-corrected chi connectivity index (χ1v) is 6.20. The van der Waals surface area contributed by atoms with Crippen LogP contribution in [0.2, 0.25) is 0 Å². The third-order valence-electron chi connectivity index (χ3n) is 2.74. The molecule has 3 aromatic rings. The van der Waals surface area contributed by atoms with Crippen LogP contribution in [0, 0.1) is 0 Å². The van der Waals surface area contributed by atoms with E-state index in [0.29, 0.717) is 36.2 Å². The first-order chi connectivity index (χ1) is 10.3. The summed E-state index contributed by atoms with van der Waals surface area (Å²) in [6, 6.07) is 3.45. The Bertz CT molecular complexity index is 737. The van der Waals surface area contributed by atoms with Crippen molar-refractivity contribution in [3.63, 3.8) is 0 Å². The molecule has 3 aromatic heterocycles. The average molecular weight is 287 g/mol. The number of aromatic nitrogens is 6. The van der Waals surface area contributed by atoms with Crippen molar-refractivity contribution in [2.24, 2.45) is 5.73 Å². The fraction of sp³-hybridized carbons (Fsp3) is 0.250. The molecule has 3 rings (SSSR count). The second-order valence-corrected chi connectivity index (χ2v) is 4.21. The molecule has 0 spiro atoms. The van der Waals surface area contributed by atoms with Gasteiger partial charge in [0, 0.05) is 18.3 Å². The highest BCUT2D eigenvalue weighted by molar-refractivity contribution is 5.46. The molecular formula is C12H13N7O2.